The van der Waals surface area contributed by atoms with Crippen molar-refractivity contribution in [1.82, 2.24) is 15.0 Å². The van der Waals surface area contributed by atoms with Crippen LogP contribution in [0, 0.1) is 6.92 Å². The first-order chi connectivity index (χ1) is 14.8. The van der Waals surface area contributed by atoms with Crippen molar-refractivity contribution in [2.24, 2.45) is 0 Å². The van der Waals surface area contributed by atoms with Crippen LogP contribution < -0.4 is 10.6 Å². The molecule has 0 amide bonds. The van der Waals surface area contributed by atoms with E-state index in [0.29, 0.717) is 16.6 Å². The smallest absolute Gasteiger partial charge is 0.384 e. The van der Waals surface area contributed by atoms with E-state index in [1.165, 1.54) is 18.8 Å². The molecule has 3 aromatic rings. The highest BCUT2D eigenvalue weighted by atomic mass is 32.1. The lowest BCUT2D eigenvalue weighted by Crippen LogP contribution is -2.30. The molecular weight excluding hydrogens is 431 g/mol. The second kappa shape index (κ2) is 9.38. The van der Waals surface area contributed by atoms with Gasteiger partial charge in [0.25, 0.3) is 0 Å². The third-order valence-corrected chi connectivity index (χ3v) is 5.09. The maximum Gasteiger partial charge on any atom is 0.418 e. The van der Waals surface area contributed by atoms with Crippen molar-refractivity contribution in [3.63, 3.8) is 0 Å². The van der Waals surface area contributed by atoms with E-state index in [9.17, 15) is 13.2 Å². The number of nitrogens with two attached hydrogens (primary N) is 1. The number of rotatable bonds is 2. The van der Waals surface area contributed by atoms with Crippen LogP contribution in [0.5, 0.6) is 0 Å². The molecule has 1 saturated heterocycles. The Balaban J connectivity index is 0.000000858. The number of fused-ring (bicyclic) bond motifs is 1. The number of aromatic nitrogens is 3. The molecule has 0 atom stereocenters. The average Bonchev–Trinajstić information content (AvgIpc) is 2.73. The van der Waals surface area contributed by atoms with Crippen LogP contribution in [0.25, 0.3) is 22.2 Å². The van der Waals surface area contributed by atoms with Crippen LogP contribution in [-0.2, 0) is 17.7 Å². The summed E-state index contributed by atoms with van der Waals surface area (Å²) in [6.07, 6.45) is 0.338. The van der Waals surface area contributed by atoms with Crippen molar-refractivity contribution in [2.45, 2.75) is 32.4 Å². The quantitative estimate of drug-likeness (QED) is 0.630. The van der Waals surface area contributed by atoms with E-state index in [1.807, 2.05) is 6.07 Å². The maximum atomic E-state index is 13.5. The van der Waals surface area contributed by atoms with E-state index in [4.69, 9.17) is 14.2 Å². The maximum absolute atomic E-state index is 13.5. The lowest BCUT2D eigenvalue weighted by Gasteiger charge is -2.28. The predicted octanol–water partition coefficient (Wildman–Crippen LogP) is 3.92. The topological polar surface area (TPSA) is 102 Å². The highest BCUT2D eigenvalue weighted by Gasteiger charge is 2.35. The zero-order valence-corrected chi connectivity index (χ0v) is 17.5. The molecule has 4 rings (SSSR count). The van der Waals surface area contributed by atoms with E-state index in [1.54, 1.807) is 13.0 Å². The molecule has 0 spiro atoms. The Morgan fingerprint density at radius 2 is 1.74 bits per heavy atom. The van der Waals surface area contributed by atoms with Crippen molar-refractivity contribution in [2.75, 3.05) is 23.7 Å². The van der Waals surface area contributed by atoms with E-state index >= 15 is 0 Å². The number of alkyl halides is 3. The number of halogens is 3. The van der Waals surface area contributed by atoms with Crippen molar-refractivity contribution in [3.05, 3.63) is 41.7 Å². The molecule has 0 aliphatic carbocycles. The molecule has 0 bridgehead atoms. The third-order valence-electron chi connectivity index (χ3n) is 5.09. The van der Waals surface area contributed by atoms with Crippen LogP contribution >= 0.6 is 0 Å². The molecule has 0 unspecified atom stereocenters. The SMILES string of the molecule is Cc1cc2c(N3CCCCC3)ncnc2cc1-c1nc(N)ccc1C(F)(F)F.O=S=O. The normalized spacial score (nSPS) is 14.1. The predicted molar refractivity (Wildman–Crippen MR) is 112 cm³/mol. The summed E-state index contributed by atoms with van der Waals surface area (Å²) in [5.74, 6) is 0.870. The van der Waals surface area contributed by atoms with Gasteiger partial charge in [-0.15, -0.1) is 0 Å². The zero-order valence-electron chi connectivity index (χ0n) is 16.6. The second-order valence-corrected chi connectivity index (χ2v) is 7.26. The highest BCUT2D eigenvalue weighted by Crippen LogP contribution is 2.39. The van der Waals surface area contributed by atoms with Crippen LogP contribution in [0.4, 0.5) is 24.8 Å². The molecule has 2 N–H and O–H groups in total. The Labute approximate surface area is 180 Å². The number of nitrogens with zero attached hydrogens (tertiary/aromatic N) is 4. The minimum absolute atomic E-state index is 0.0409. The summed E-state index contributed by atoms with van der Waals surface area (Å²) in [6.45, 7) is 3.61. The summed E-state index contributed by atoms with van der Waals surface area (Å²) in [5, 5.41) is 0.836. The van der Waals surface area contributed by atoms with Gasteiger partial charge in [0.1, 0.15) is 18.0 Å². The minimum atomic E-state index is -4.53. The lowest BCUT2D eigenvalue weighted by atomic mass is 9.98. The van der Waals surface area contributed by atoms with Gasteiger partial charge in [-0.05, 0) is 56.0 Å². The van der Waals surface area contributed by atoms with Gasteiger partial charge >= 0.3 is 17.7 Å². The molecule has 3 heterocycles. The number of pyridine rings is 1. The zero-order chi connectivity index (χ0) is 22.6. The monoisotopic (exact) mass is 451 g/mol. The van der Waals surface area contributed by atoms with E-state index in [0.717, 1.165) is 43.2 Å². The summed E-state index contributed by atoms with van der Waals surface area (Å²) in [7, 11) is 0. The van der Waals surface area contributed by atoms with Crippen LogP contribution in [0.1, 0.15) is 30.4 Å². The van der Waals surface area contributed by atoms with Crippen molar-refractivity contribution < 1.29 is 21.6 Å². The minimum Gasteiger partial charge on any atom is -0.384 e. The lowest BCUT2D eigenvalue weighted by molar-refractivity contribution is -0.137. The van der Waals surface area contributed by atoms with Gasteiger partial charge in [-0.1, -0.05) is 0 Å². The van der Waals surface area contributed by atoms with Gasteiger partial charge in [0.2, 0.25) is 0 Å². The van der Waals surface area contributed by atoms with Gasteiger partial charge in [-0.3, -0.25) is 0 Å². The fourth-order valence-electron chi connectivity index (χ4n) is 3.72. The summed E-state index contributed by atoms with van der Waals surface area (Å²) in [4.78, 5) is 15.0. The number of hydrogen-bond donors (Lipinski definition) is 1. The van der Waals surface area contributed by atoms with Crippen molar-refractivity contribution in [3.8, 4) is 11.3 Å². The molecule has 11 heteroatoms. The molecule has 164 valence electrons. The number of benzene rings is 1. The van der Waals surface area contributed by atoms with Gasteiger partial charge in [-0.25, -0.2) is 15.0 Å². The molecule has 1 aliphatic rings. The Bertz CT molecular complexity index is 1130. The van der Waals surface area contributed by atoms with Gasteiger partial charge in [0.15, 0.2) is 0 Å². The Morgan fingerprint density at radius 3 is 2.39 bits per heavy atom. The first-order valence-corrected chi connectivity index (χ1v) is 10.2. The number of hydrogen-bond acceptors (Lipinski definition) is 7. The van der Waals surface area contributed by atoms with Crippen LogP contribution in [0.15, 0.2) is 30.6 Å². The van der Waals surface area contributed by atoms with Gasteiger partial charge in [0, 0.05) is 24.0 Å². The Kier molecular flexibility index (Phi) is 6.84. The van der Waals surface area contributed by atoms with Crippen LogP contribution in [0.3, 0.4) is 0 Å². The summed E-state index contributed by atoms with van der Waals surface area (Å²) in [6, 6.07) is 5.64. The van der Waals surface area contributed by atoms with Gasteiger partial charge in [0.05, 0.1) is 16.8 Å². The van der Waals surface area contributed by atoms with Crippen molar-refractivity contribution in [1.29, 1.82) is 0 Å². The number of anilines is 2. The van der Waals surface area contributed by atoms with Crippen LogP contribution in [-0.4, -0.2) is 36.5 Å². The molecule has 31 heavy (non-hydrogen) atoms. The molecule has 0 saturated carbocycles. The first-order valence-electron chi connectivity index (χ1n) is 9.52. The summed E-state index contributed by atoms with van der Waals surface area (Å²) in [5.41, 5.74) is 6.33. The highest BCUT2D eigenvalue weighted by molar-refractivity contribution is 7.51. The molecular formula is C20H20F3N5O2S. The molecule has 1 aromatic carbocycles. The molecule has 1 aliphatic heterocycles. The Hall–Kier alpha value is -3.08. The largest absolute Gasteiger partial charge is 0.418 e. The molecule has 2 aromatic heterocycles. The van der Waals surface area contributed by atoms with Crippen LogP contribution in [0.2, 0.25) is 0 Å². The standard InChI is InChI=1S/C20H20F3N5.O2S/c1-12-9-14-16(25-11-26-19(14)28-7-3-2-4-8-28)10-13(12)18-15(20(21,22)23)5-6-17(24)27-18;1-3-2/h5-6,9-11H,2-4,7-8H2,1H3,(H2,24,27);. The Morgan fingerprint density at radius 1 is 1.06 bits per heavy atom. The van der Waals surface area contributed by atoms with E-state index in [-0.39, 0.29) is 11.5 Å². The molecule has 1 fully saturated rings. The average molecular weight is 451 g/mol. The fraction of sp³-hybridized carbons (Fsp3) is 0.350. The van der Waals surface area contributed by atoms with E-state index < -0.39 is 23.3 Å². The summed E-state index contributed by atoms with van der Waals surface area (Å²) < 4.78 is 57.1. The number of piperidine rings is 1. The fourth-order valence-corrected chi connectivity index (χ4v) is 3.72. The first kappa shape index (κ1) is 22.6. The number of nitrogen functional groups attached to an aromatic ring is 1. The summed E-state index contributed by atoms with van der Waals surface area (Å²) >= 11 is -0.750. The second-order valence-electron chi connectivity index (χ2n) is 7.13. The van der Waals surface area contributed by atoms with Crippen molar-refractivity contribution >= 4 is 34.1 Å². The van der Waals surface area contributed by atoms with Gasteiger partial charge < -0.3 is 10.6 Å². The molecule has 7 nitrogen and oxygen atoms in total. The molecule has 0 radical (unpaired) electrons. The third kappa shape index (κ3) is 4.98. The van der Waals surface area contributed by atoms with E-state index in [2.05, 4.69) is 19.9 Å². The van der Waals surface area contributed by atoms with Gasteiger partial charge in [-0.2, -0.15) is 21.6 Å². The number of aryl methyl sites for hydroxylation is 1.